The van der Waals surface area contributed by atoms with Gasteiger partial charge in [-0.2, -0.15) is 0 Å². The first-order chi connectivity index (χ1) is 14.6. The molecule has 0 saturated heterocycles. The predicted molar refractivity (Wildman–Crippen MR) is 117 cm³/mol. The van der Waals surface area contributed by atoms with E-state index in [1.165, 1.54) is 6.07 Å². The molecular weight excluding hydrogens is 381 g/mol. The molecular formula is C23H28FN5O. The van der Waals surface area contributed by atoms with E-state index < -0.39 is 0 Å². The van der Waals surface area contributed by atoms with Gasteiger partial charge in [0.1, 0.15) is 11.6 Å². The molecule has 0 saturated carbocycles. The van der Waals surface area contributed by atoms with Gasteiger partial charge in [-0.25, -0.2) is 14.4 Å². The molecule has 1 atom stereocenters. The van der Waals surface area contributed by atoms with Crippen LogP contribution in [0.1, 0.15) is 29.8 Å². The zero-order valence-corrected chi connectivity index (χ0v) is 17.3. The number of aryl methyl sites for hydroxylation is 1. The normalized spacial score (nSPS) is 12.6. The summed E-state index contributed by atoms with van der Waals surface area (Å²) in [5, 5.41) is 16.2. The van der Waals surface area contributed by atoms with Gasteiger partial charge in [0.15, 0.2) is 5.96 Å². The van der Waals surface area contributed by atoms with Crippen LogP contribution in [0.5, 0.6) is 0 Å². The van der Waals surface area contributed by atoms with Crippen LogP contribution in [0.3, 0.4) is 0 Å². The van der Waals surface area contributed by atoms with Crippen LogP contribution in [0.15, 0.2) is 65.9 Å². The maximum absolute atomic E-state index is 14.6. The topological polar surface area (TPSA) is 74.5 Å². The summed E-state index contributed by atoms with van der Waals surface area (Å²) in [7, 11) is 0. The Kier molecular flexibility index (Phi) is 7.57. The molecule has 1 unspecified atom stereocenters. The third-order valence-electron chi connectivity index (χ3n) is 4.87. The van der Waals surface area contributed by atoms with Gasteiger partial charge in [-0.1, -0.05) is 36.4 Å². The molecule has 0 bridgehead atoms. The summed E-state index contributed by atoms with van der Waals surface area (Å²) in [6, 6.07) is 15.0. The molecule has 158 valence electrons. The molecule has 2 aromatic carbocycles. The summed E-state index contributed by atoms with van der Waals surface area (Å²) in [5.41, 5.74) is 2.31. The van der Waals surface area contributed by atoms with Gasteiger partial charge < -0.3 is 20.3 Å². The van der Waals surface area contributed by atoms with Crippen molar-refractivity contribution in [2.45, 2.75) is 26.3 Å². The smallest absolute Gasteiger partial charge is 0.191 e. The lowest BCUT2D eigenvalue weighted by Gasteiger charge is -2.18. The third-order valence-corrected chi connectivity index (χ3v) is 4.87. The van der Waals surface area contributed by atoms with E-state index in [1.807, 2.05) is 50.2 Å². The number of aliphatic hydroxyl groups is 1. The largest absolute Gasteiger partial charge is 0.396 e. The van der Waals surface area contributed by atoms with Crippen molar-refractivity contribution >= 4 is 5.96 Å². The van der Waals surface area contributed by atoms with Gasteiger partial charge in [0, 0.05) is 31.4 Å². The van der Waals surface area contributed by atoms with Gasteiger partial charge in [0.25, 0.3) is 0 Å². The van der Waals surface area contributed by atoms with E-state index in [4.69, 9.17) is 0 Å². The first-order valence-electron chi connectivity index (χ1n) is 10.1. The Bertz CT molecular complexity index is 971. The second-order valence-corrected chi connectivity index (χ2v) is 7.00. The van der Waals surface area contributed by atoms with Crippen LogP contribution in [0.25, 0.3) is 5.69 Å². The van der Waals surface area contributed by atoms with Crippen molar-refractivity contribution in [3.8, 4) is 5.69 Å². The molecule has 0 aliphatic rings. The molecule has 0 fully saturated rings. The summed E-state index contributed by atoms with van der Waals surface area (Å²) < 4.78 is 16.3. The van der Waals surface area contributed by atoms with E-state index >= 15 is 0 Å². The van der Waals surface area contributed by atoms with Crippen LogP contribution in [-0.4, -0.2) is 40.3 Å². The van der Waals surface area contributed by atoms with Crippen molar-refractivity contribution in [2.75, 3.05) is 19.7 Å². The Morgan fingerprint density at radius 1 is 1.20 bits per heavy atom. The number of guanidine groups is 1. The van der Waals surface area contributed by atoms with E-state index in [0.717, 1.165) is 17.0 Å². The first kappa shape index (κ1) is 21.5. The second kappa shape index (κ2) is 10.5. The fourth-order valence-corrected chi connectivity index (χ4v) is 3.22. The Hall–Kier alpha value is -3.19. The van der Waals surface area contributed by atoms with Crippen LogP contribution in [0.2, 0.25) is 0 Å². The fourth-order valence-electron chi connectivity index (χ4n) is 3.22. The van der Waals surface area contributed by atoms with Crippen molar-refractivity contribution in [1.82, 2.24) is 20.2 Å². The van der Waals surface area contributed by atoms with E-state index in [2.05, 4.69) is 20.6 Å². The quantitative estimate of drug-likeness (QED) is 0.395. The van der Waals surface area contributed by atoms with Crippen LogP contribution in [0.4, 0.5) is 4.39 Å². The standard InChI is InChI=1S/C23H28FN5O/c1-3-25-23(28-15-20(16-30)19-7-5-4-6-8-19)27-14-18-9-10-22(21(24)13-18)29-12-11-26-17(29)2/h4-13,20,30H,3,14-16H2,1-2H3,(H2,25,27,28). The van der Waals surface area contributed by atoms with E-state index in [-0.39, 0.29) is 18.3 Å². The Morgan fingerprint density at radius 3 is 2.63 bits per heavy atom. The van der Waals surface area contributed by atoms with Gasteiger partial charge in [-0.3, -0.25) is 0 Å². The number of nitrogens with one attached hydrogen (secondary N) is 2. The van der Waals surface area contributed by atoms with Gasteiger partial charge in [0.05, 0.1) is 18.8 Å². The third kappa shape index (κ3) is 5.45. The Balaban J connectivity index is 1.67. The molecule has 3 rings (SSSR count). The van der Waals surface area contributed by atoms with Crippen molar-refractivity contribution in [3.63, 3.8) is 0 Å². The number of imidazole rings is 1. The molecule has 1 aromatic heterocycles. The lowest BCUT2D eigenvalue weighted by molar-refractivity contribution is 0.265. The number of aliphatic imine (C=N–C) groups is 1. The highest BCUT2D eigenvalue weighted by Crippen LogP contribution is 2.17. The average molecular weight is 410 g/mol. The molecule has 0 aliphatic carbocycles. The number of aliphatic hydroxyl groups excluding tert-OH is 1. The van der Waals surface area contributed by atoms with Crippen molar-refractivity contribution < 1.29 is 9.50 Å². The minimum Gasteiger partial charge on any atom is -0.396 e. The minimum atomic E-state index is -0.314. The van der Waals surface area contributed by atoms with Crippen LogP contribution >= 0.6 is 0 Å². The highest BCUT2D eigenvalue weighted by Gasteiger charge is 2.11. The van der Waals surface area contributed by atoms with Gasteiger partial charge in [-0.15, -0.1) is 0 Å². The molecule has 3 aromatic rings. The van der Waals surface area contributed by atoms with Crippen molar-refractivity contribution in [3.05, 3.63) is 83.7 Å². The number of rotatable bonds is 8. The van der Waals surface area contributed by atoms with Gasteiger partial charge in [-0.05, 0) is 37.1 Å². The zero-order chi connectivity index (χ0) is 21.3. The summed E-state index contributed by atoms with van der Waals surface area (Å²) in [6.07, 6.45) is 3.39. The fraction of sp³-hybridized carbons (Fsp3) is 0.304. The number of aromatic nitrogens is 2. The first-order valence-corrected chi connectivity index (χ1v) is 10.1. The zero-order valence-electron chi connectivity index (χ0n) is 17.3. The molecule has 30 heavy (non-hydrogen) atoms. The molecule has 6 nitrogen and oxygen atoms in total. The highest BCUT2D eigenvalue weighted by molar-refractivity contribution is 5.79. The van der Waals surface area contributed by atoms with Crippen LogP contribution in [-0.2, 0) is 6.54 Å². The van der Waals surface area contributed by atoms with E-state index in [0.29, 0.717) is 31.3 Å². The average Bonchev–Trinajstić information content (AvgIpc) is 3.18. The monoisotopic (exact) mass is 409 g/mol. The SMILES string of the molecule is CCNC(=NCc1ccc(-n2ccnc2C)c(F)c1)NCC(CO)c1ccccc1. The maximum atomic E-state index is 14.6. The van der Waals surface area contributed by atoms with Crippen LogP contribution < -0.4 is 10.6 Å². The molecule has 0 amide bonds. The highest BCUT2D eigenvalue weighted by atomic mass is 19.1. The lowest BCUT2D eigenvalue weighted by Crippen LogP contribution is -2.39. The summed E-state index contributed by atoms with van der Waals surface area (Å²) in [4.78, 5) is 8.70. The molecule has 3 N–H and O–H groups in total. The summed E-state index contributed by atoms with van der Waals surface area (Å²) in [5.74, 6) is 1.01. The number of hydrogen-bond acceptors (Lipinski definition) is 3. The van der Waals surface area contributed by atoms with E-state index in [1.54, 1.807) is 23.0 Å². The van der Waals surface area contributed by atoms with Crippen molar-refractivity contribution in [2.24, 2.45) is 4.99 Å². The second-order valence-electron chi connectivity index (χ2n) is 7.00. The number of nitrogens with zero attached hydrogens (tertiary/aromatic N) is 3. The lowest BCUT2D eigenvalue weighted by atomic mass is 10.0. The number of hydrogen-bond donors (Lipinski definition) is 3. The number of halogens is 1. The summed E-state index contributed by atoms with van der Waals surface area (Å²) >= 11 is 0. The van der Waals surface area contributed by atoms with Gasteiger partial charge >= 0.3 is 0 Å². The minimum absolute atomic E-state index is 0.0368. The van der Waals surface area contributed by atoms with Gasteiger partial charge in [0.2, 0.25) is 0 Å². The Morgan fingerprint density at radius 2 is 2.00 bits per heavy atom. The number of benzene rings is 2. The molecule has 7 heteroatoms. The molecule has 0 radical (unpaired) electrons. The molecule has 0 spiro atoms. The predicted octanol–water partition coefficient (Wildman–Crippen LogP) is 3.15. The van der Waals surface area contributed by atoms with Crippen LogP contribution in [0, 0.1) is 12.7 Å². The molecule has 0 aliphatic heterocycles. The maximum Gasteiger partial charge on any atom is 0.191 e. The molecule has 1 heterocycles. The summed E-state index contributed by atoms with van der Waals surface area (Å²) in [6.45, 7) is 5.44. The van der Waals surface area contributed by atoms with E-state index in [9.17, 15) is 9.50 Å². The van der Waals surface area contributed by atoms with Crippen molar-refractivity contribution in [1.29, 1.82) is 0 Å². The Labute approximate surface area is 176 Å².